The molecule has 6 N–H and O–H groups in total. The summed E-state index contributed by atoms with van der Waals surface area (Å²) in [4.78, 5) is 0. The number of hydrogen-bond acceptors (Lipinski definition) is 6. The topological polar surface area (TPSA) is 111 Å². The molecule has 7 rings (SSSR count). The van der Waals surface area contributed by atoms with E-state index in [4.69, 9.17) is 27.4 Å². The highest BCUT2D eigenvalue weighted by Crippen LogP contribution is 2.56. The standard InChI is InChI=1S/C39H28N2O4/c1-2-24-7-18-34-32(21-24)31-5-3-4-6-33(31)39(34,25-8-12-27(13-9-25)44-29-16-19-35(40)37(42)22-29)26-10-14-28(15-11-26)45-30-17-20-36(41)38(43)23-30/h1,3-23,42-43H,40-41H2. The molecule has 45 heavy (non-hydrogen) atoms. The summed E-state index contributed by atoms with van der Waals surface area (Å²) < 4.78 is 12.1. The molecule has 0 aliphatic heterocycles. The van der Waals surface area contributed by atoms with Gasteiger partial charge in [0.1, 0.15) is 34.5 Å². The number of phenols is 2. The van der Waals surface area contributed by atoms with Crippen molar-refractivity contribution in [1.82, 2.24) is 0 Å². The third kappa shape index (κ3) is 4.64. The minimum Gasteiger partial charge on any atom is -0.506 e. The second-order valence-corrected chi connectivity index (χ2v) is 10.9. The van der Waals surface area contributed by atoms with E-state index in [1.54, 1.807) is 24.3 Å². The predicted octanol–water partition coefficient (Wildman–Crippen LogP) is 8.19. The van der Waals surface area contributed by atoms with Gasteiger partial charge in [0, 0.05) is 17.7 Å². The van der Waals surface area contributed by atoms with E-state index in [0.717, 1.165) is 38.9 Å². The van der Waals surface area contributed by atoms with E-state index in [2.05, 4.69) is 60.5 Å². The van der Waals surface area contributed by atoms with Gasteiger partial charge in [-0.1, -0.05) is 60.5 Å². The zero-order chi connectivity index (χ0) is 31.1. The lowest BCUT2D eigenvalue weighted by Crippen LogP contribution is -2.28. The molecule has 0 heterocycles. The van der Waals surface area contributed by atoms with Gasteiger partial charge in [0.05, 0.1) is 16.8 Å². The van der Waals surface area contributed by atoms with Crippen LogP contribution in [-0.2, 0) is 5.41 Å². The minimum atomic E-state index is -0.672. The number of fused-ring (bicyclic) bond motifs is 3. The molecular formula is C39H28N2O4. The number of nitrogens with two attached hydrogens (primary N) is 2. The van der Waals surface area contributed by atoms with Gasteiger partial charge in [-0.25, -0.2) is 0 Å². The van der Waals surface area contributed by atoms with Gasteiger partial charge in [0.15, 0.2) is 0 Å². The molecule has 0 fully saturated rings. The number of nitrogen functional groups attached to an aromatic ring is 2. The Hall–Kier alpha value is -6.32. The van der Waals surface area contributed by atoms with Crippen LogP contribution in [0.4, 0.5) is 11.4 Å². The largest absolute Gasteiger partial charge is 0.506 e. The van der Waals surface area contributed by atoms with E-state index in [0.29, 0.717) is 23.0 Å². The van der Waals surface area contributed by atoms with E-state index in [1.807, 2.05) is 36.4 Å². The van der Waals surface area contributed by atoms with Crippen LogP contribution < -0.4 is 20.9 Å². The average Bonchev–Trinajstić information content (AvgIpc) is 3.36. The average molecular weight is 589 g/mol. The summed E-state index contributed by atoms with van der Waals surface area (Å²) in [6, 6.07) is 40.1. The molecular weight excluding hydrogens is 560 g/mol. The van der Waals surface area contributed by atoms with Gasteiger partial charge in [0.2, 0.25) is 0 Å². The maximum absolute atomic E-state index is 10.0. The fraction of sp³-hybridized carbons (Fsp3) is 0.0256. The summed E-state index contributed by atoms with van der Waals surface area (Å²) >= 11 is 0. The molecule has 6 aromatic carbocycles. The number of ether oxygens (including phenoxy) is 2. The van der Waals surface area contributed by atoms with Gasteiger partial charge in [-0.15, -0.1) is 6.42 Å². The Morgan fingerprint density at radius 1 is 0.533 bits per heavy atom. The van der Waals surface area contributed by atoms with Crippen LogP contribution in [0.25, 0.3) is 11.1 Å². The molecule has 218 valence electrons. The van der Waals surface area contributed by atoms with Crippen LogP contribution >= 0.6 is 0 Å². The van der Waals surface area contributed by atoms with E-state index in [-0.39, 0.29) is 22.9 Å². The second kappa shape index (κ2) is 10.7. The van der Waals surface area contributed by atoms with Crippen molar-refractivity contribution in [3.05, 3.63) is 155 Å². The molecule has 0 bridgehead atoms. The zero-order valence-electron chi connectivity index (χ0n) is 24.1. The number of hydrogen-bond donors (Lipinski definition) is 4. The molecule has 0 spiro atoms. The maximum atomic E-state index is 10.0. The van der Waals surface area contributed by atoms with Crippen molar-refractivity contribution in [2.75, 3.05) is 11.5 Å². The van der Waals surface area contributed by atoms with E-state index >= 15 is 0 Å². The number of anilines is 2. The minimum absolute atomic E-state index is 0.0331. The Balaban J connectivity index is 1.35. The van der Waals surface area contributed by atoms with Crippen molar-refractivity contribution in [2.45, 2.75) is 5.41 Å². The summed E-state index contributed by atoms with van der Waals surface area (Å²) in [5, 5.41) is 20.1. The Bertz CT molecular complexity index is 2020. The number of rotatable bonds is 6. The summed E-state index contributed by atoms with van der Waals surface area (Å²) in [5.74, 6) is 4.91. The van der Waals surface area contributed by atoms with Gasteiger partial charge >= 0.3 is 0 Å². The highest BCUT2D eigenvalue weighted by atomic mass is 16.5. The molecule has 6 heteroatoms. The zero-order valence-corrected chi connectivity index (χ0v) is 24.1. The number of phenolic OH excluding ortho intramolecular Hbond substituents is 2. The van der Waals surface area contributed by atoms with Crippen molar-refractivity contribution in [3.63, 3.8) is 0 Å². The molecule has 0 radical (unpaired) electrons. The van der Waals surface area contributed by atoms with Gasteiger partial charge in [0.25, 0.3) is 0 Å². The van der Waals surface area contributed by atoms with Crippen LogP contribution in [0.1, 0.15) is 27.8 Å². The second-order valence-electron chi connectivity index (χ2n) is 10.9. The smallest absolute Gasteiger partial charge is 0.142 e. The first-order valence-corrected chi connectivity index (χ1v) is 14.3. The third-order valence-electron chi connectivity index (χ3n) is 8.26. The summed E-state index contributed by atoms with van der Waals surface area (Å²) in [6.45, 7) is 0. The molecule has 6 nitrogen and oxygen atoms in total. The van der Waals surface area contributed by atoms with Crippen LogP contribution in [0, 0.1) is 12.3 Å². The van der Waals surface area contributed by atoms with Crippen molar-refractivity contribution in [2.24, 2.45) is 0 Å². The molecule has 0 saturated carbocycles. The van der Waals surface area contributed by atoms with Crippen LogP contribution in [0.15, 0.2) is 127 Å². The Labute approximate surface area is 260 Å². The van der Waals surface area contributed by atoms with Gasteiger partial charge < -0.3 is 31.2 Å². The fourth-order valence-corrected chi connectivity index (χ4v) is 6.15. The van der Waals surface area contributed by atoms with E-state index in [9.17, 15) is 10.2 Å². The first-order valence-electron chi connectivity index (χ1n) is 14.3. The SMILES string of the molecule is C#Cc1ccc2c(c1)-c1ccccc1C2(c1ccc(Oc2ccc(N)c(O)c2)cc1)c1ccc(Oc2ccc(N)c(O)c2)cc1. The molecule has 1 aliphatic rings. The van der Waals surface area contributed by atoms with Gasteiger partial charge in [-0.05, 0) is 94.0 Å². The Kier molecular flexibility index (Phi) is 6.57. The predicted molar refractivity (Wildman–Crippen MR) is 177 cm³/mol. The normalized spacial score (nSPS) is 12.5. The van der Waals surface area contributed by atoms with Crippen molar-refractivity contribution >= 4 is 11.4 Å². The maximum Gasteiger partial charge on any atom is 0.142 e. The first-order chi connectivity index (χ1) is 21.9. The number of aromatic hydroxyl groups is 2. The molecule has 0 unspecified atom stereocenters. The van der Waals surface area contributed by atoms with Crippen molar-refractivity contribution in [3.8, 4) is 58.0 Å². The lowest BCUT2D eigenvalue weighted by Gasteiger charge is -2.34. The Morgan fingerprint density at radius 3 is 1.53 bits per heavy atom. The van der Waals surface area contributed by atoms with E-state index < -0.39 is 5.41 Å². The highest BCUT2D eigenvalue weighted by Gasteiger charge is 2.46. The van der Waals surface area contributed by atoms with Crippen LogP contribution in [0.3, 0.4) is 0 Å². The van der Waals surface area contributed by atoms with Crippen LogP contribution in [-0.4, -0.2) is 10.2 Å². The molecule has 0 aromatic heterocycles. The lowest BCUT2D eigenvalue weighted by atomic mass is 9.67. The molecule has 0 amide bonds. The number of benzene rings is 6. The first kappa shape index (κ1) is 27.5. The van der Waals surface area contributed by atoms with Crippen LogP contribution in [0.5, 0.6) is 34.5 Å². The van der Waals surface area contributed by atoms with Crippen molar-refractivity contribution in [1.29, 1.82) is 0 Å². The summed E-state index contributed by atoms with van der Waals surface area (Å²) in [6.07, 6.45) is 5.83. The monoisotopic (exact) mass is 588 g/mol. The van der Waals surface area contributed by atoms with Crippen LogP contribution in [0.2, 0.25) is 0 Å². The molecule has 0 atom stereocenters. The summed E-state index contributed by atoms with van der Waals surface area (Å²) in [5.41, 5.74) is 18.7. The quantitative estimate of drug-likeness (QED) is 0.0886. The van der Waals surface area contributed by atoms with Gasteiger partial charge in [-0.2, -0.15) is 0 Å². The molecule has 1 aliphatic carbocycles. The molecule has 6 aromatic rings. The third-order valence-corrected chi connectivity index (χ3v) is 8.26. The molecule has 0 saturated heterocycles. The van der Waals surface area contributed by atoms with Crippen molar-refractivity contribution < 1.29 is 19.7 Å². The summed E-state index contributed by atoms with van der Waals surface area (Å²) in [7, 11) is 0. The lowest BCUT2D eigenvalue weighted by molar-refractivity contribution is 0.456. The Morgan fingerprint density at radius 2 is 1.02 bits per heavy atom. The highest BCUT2D eigenvalue weighted by molar-refractivity contribution is 5.87. The van der Waals surface area contributed by atoms with E-state index in [1.165, 1.54) is 12.1 Å². The number of terminal acetylenes is 1. The fourth-order valence-electron chi connectivity index (χ4n) is 6.15. The van der Waals surface area contributed by atoms with Gasteiger partial charge in [-0.3, -0.25) is 0 Å².